The molecule has 72 valence electrons. The Morgan fingerprint density at radius 3 is 3.14 bits per heavy atom. The Balaban J connectivity index is 2.32. The standard InChI is InChI=1S/C7H8N6S/c8-7(9)14-1-4-5-6(12-2-10-4)13-3-11-5/h2-3H,1H2,(H3,8,9)(H,10,11,12,13). The molecule has 0 aliphatic heterocycles. The lowest BCUT2D eigenvalue weighted by Gasteiger charge is -1.99. The van der Waals surface area contributed by atoms with Crippen LogP contribution in [0.2, 0.25) is 0 Å². The van der Waals surface area contributed by atoms with E-state index in [0.29, 0.717) is 11.4 Å². The minimum atomic E-state index is 0.0799. The van der Waals surface area contributed by atoms with Crippen molar-refractivity contribution >= 4 is 28.1 Å². The van der Waals surface area contributed by atoms with Gasteiger partial charge in [-0.05, 0) is 0 Å². The third-order valence-electron chi connectivity index (χ3n) is 1.67. The lowest BCUT2D eigenvalue weighted by Crippen LogP contribution is -2.04. The summed E-state index contributed by atoms with van der Waals surface area (Å²) in [5.74, 6) is 0.552. The molecular formula is C7H8N6S. The van der Waals surface area contributed by atoms with Crippen LogP contribution in [0, 0.1) is 5.41 Å². The number of nitrogens with zero attached hydrogens (tertiary/aromatic N) is 3. The predicted molar refractivity (Wildman–Crippen MR) is 54.9 cm³/mol. The van der Waals surface area contributed by atoms with Crippen LogP contribution in [0.15, 0.2) is 12.7 Å². The molecule has 0 saturated heterocycles. The van der Waals surface area contributed by atoms with Crippen LogP contribution in [0.3, 0.4) is 0 Å². The SMILES string of the molecule is N=C(N)SCc1ncnc2nc[nH]c12. The molecule has 0 amide bonds. The van der Waals surface area contributed by atoms with Crippen molar-refractivity contribution in [2.24, 2.45) is 5.73 Å². The van der Waals surface area contributed by atoms with Crippen LogP contribution < -0.4 is 5.73 Å². The predicted octanol–water partition coefficient (Wildman–Crippen LogP) is 0.480. The number of nitrogens with one attached hydrogen (secondary N) is 2. The average molecular weight is 208 g/mol. The first-order valence-corrected chi connectivity index (χ1v) is 4.85. The number of H-pyrrole nitrogens is 1. The molecule has 0 aromatic carbocycles. The molecule has 0 atom stereocenters. The maximum absolute atomic E-state index is 7.09. The van der Waals surface area contributed by atoms with E-state index in [1.165, 1.54) is 18.1 Å². The molecule has 6 nitrogen and oxygen atoms in total. The second-order valence-electron chi connectivity index (χ2n) is 2.57. The van der Waals surface area contributed by atoms with Crippen molar-refractivity contribution in [2.75, 3.05) is 0 Å². The van der Waals surface area contributed by atoms with Crippen LogP contribution in [0.1, 0.15) is 5.69 Å². The van der Waals surface area contributed by atoms with Gasteiger partial charge in [0.2, 0.25) is 0 Å². The van der Waals surface area contributed by atoms with Gasteiger partial charge in [0.25, 0.3) is 0 Å². The van der Waals surface area contributed by atoms with Gasteiger partial charge in [0.15, 0.2) is 10.8 Å². The van der Waals surface area contributed by atoms with Gasteiger partial charge in [-0.15, -0.1) is 0 Å². The second kappa shape index (κ2) is 3.62. The molecule has 2 aromatic rings. The number of nitrogens with two attached hydrogens (primary N) is 1. The number of hydrogen-bond donors (Lipinski definition) is 3. The van der Waals surface area contributed by atoms with Crippen molar-refractivity contribution in [3.63, 3.8) is 0 Å². The van der Waals surface area contributed by atoms with Crippen LogP contribution >= 0.6 is 11.8 Å². The molecule has 2 heterocycles. The number of imidazole rings is 1. The molecular weight excluding hydrogens is 200 g/mol. The van der Waals surface area contributed by atoms with Gasteiger partial charge in [-0.1, -0.05) is 11.8 Å². The van der Waals surface area contributed by atoms with Gasteiger partial charge < -0.3 is 10.7 Å². The summed E-state index contributed by atoms with van der Waals surface area (Å²) in [6.07, 6.45) is 3.03. The highest BCUT2D eigenvalue weighted by atomic mass is 32.2. The molecule has 4 N–H and O–H groups in total. The summed E-state index contributed by atoms with van der Waals surface area (Å²) < 4.78 is 0. The molecule has 14 heavy (non-hydrogen) atoms. The number of thioether (sulfide) groups is 1. The number of amidine groups is 1. The topological polar surface area (TPSA) is 104 Å². The Morgan fingerprint density at radius 2 is 2.36 bits per heavy atom. The summed E-state index contributed by atoms with van der Waals surface area (Å²) in [4.78, 5) is 15.0. The maximum atomic E-state index is 7.09. The smallest absolute Gasteiger partial charge is 0.180 e. The zero-order valence-electron chi connectivity index (χ0n) is 7.19. The van der Waals surface area contributed by atoms with E-state index < -0.39 is 0 Å². The Morgan fingerprint density at radius 1 is 1.50 bits per heavy atom. The highest BCUT2D eigenvalue weighted by molar-refractivity contribution is 8.13. The minimum Gasteiger partial charge on any atom is -0.379 e. The van der Waals surface area contributed by atoms with Gasteiger partial charge in [0.05, 0.1) is 12.0 Å². The first kappa shape index (κ1) is 8.95. The van der Waals surface area contributed by atoms with Gasteiger partial charge in [0, 0.05) is 5.75 Å². The van der Waals surface area contributed by atoms with E-state index >= 15 is 0 Å². The first-order valence-electron chi connectivity index (χ1n) is 3.87. The third-order valence-corrected chi connectivity index (χ3v) is 2.39. The summed E-state index contributed by atoms with van der Waals surface area (Å²) in [6, 6.07) is 0. The van der Waals surface area contributed by atoms with Crippen molar-refractivity contribution in [3.05, 3.63) is 18.3 Å². The van der Waals surface area contributed by atoms with Crippen molar-refractivity contribution in [2.45, 2.75) is 5.75 Å². The Hall–Kier alpha value is -1.63. The molecule has 0 aliphatic carbocycles. The van der Waals surface area contributed by atoms with Crippen LogP contribution in [-0.2, 0) is 5.75 Å². The molecule has 0 fully saturated rings. The zero-order chi connectivity index (χ0) is 9.97. The van der Waals surface area contributed by atoms with Crippen molar-refractivity contribution < 1.29 is 0 Å². The largest absolute Gasteiger partial charge is 0.379 e. The highest BCUT2D eigenvalue weighted by Gasteiger charge is 2.05. The lowest BCUT2D eigenvalue weighted by atomic mass is 10.4. The van der Waals surface area contributed by atoms with E-state index in [2.05, 4.69) is 19.9 Å². The zero-order valence-corrected chi connectivity index (χ0v) is 8.01. The number of fused-ring (bicyclic) bond motifs is 1. The van der Waals surface area contributed by atoms with Gasteiger partial charge in [-0.3, -0.25) is 5.41 Å². The fraction of sp³-hybridized carbons (Fsp3) is 0.143. The van der Waals surface area contributed by atoms with Gasteiger partial charge in [-0.2, -0.15) is 0 Å². The highest BCUT2D eigenvalue weighted by Crippen LogP contribution is 2.15. The molecule has 2 aromatic heterocycles. The first-order chi connectivity index (χ1) is 6.77. The Labute approximate surface area is 83.9 Å². The molecule has 0 unspecified atom stereocenters. The summed E-state index contributed by atoms with van der Waals surface area (Å²) in [6.45, 7) is 0. The quantitative estimate of drug-likeness (QED) is 0.492. The second-order valence-corrected chi connectivity index (χ2v) is 3.59. The average Bonchev–Trinajstić information content (AvgIpc) is 2.62. The molecule has 0 saturated carbocycles. The molecule has 2 rings (SSSR count). The maximum Gasteiger partial charge on any atom is 0.180 e. The summed E-state index contributed by atoms with van der Waals surface area (Å²) in [5.41, 5.74) is 7.49. The lowest BCUT2D eigenvalue weighted by molar-refractivity contribution is 1.12. The summed E-state index contributed by atoms with van der Waals surface area (Å²) in [7, 11) is 0. The van der Waals surface area contributed by atoms with Crippen LogP contribution in [0.25, 0.3) is 11.2 Å². The Kier molecular flexibility index (Phi) is 2.32. The van der Waals surface area contributed by atoms with Crippen molar-refractivity contribution in [1.29, 1.82) is 5.41 Å². The third kappa shape index (κ3) is 1.67. The van der Waals surface area contributed by atoms with E-state index in [1.54, 1.807) is 6.33 Å². The fourth-order valence-electron chi connectivity index (χ4n) is 1.07. The van der Waals surface area contributed by atoms with Gasteiger partial charge >= 0.3 is 0 Å². The van der Waals surface area contributed by atoms with E-state index in [1.807, 2.05) is 0 Å². The number of aromatic nitrogens is 4. The molecule has 0 spiro atoms. The molecule has 0 bridgehead atoms. The monoisotopic (exact) mass is 208 g/mol. The number of hydrogen-bond acceptors (Lipinski definition) is 5. The number of rotatable bonds is 2. The van der Waals surface area contributed by atoms with Crippen LogP contribution in [0.5, 0.6) is 0 Å². The summed E-state index contributed by atoms with van der Waals surface area (Å²) >= 11 is 1.23. The van der Waals surface area contributed by atoms with Crippen molar-refractivity contribution in [3.8, 4) is 0 Å². The van der Waals surface area contributed by atoms with E-state index in [4.69, 9.17) is 11.1 Å². The molecule has 7 heteroatoms. The number of aromatic amines is 1. The van der Waals surface area contributed by atoms with E-state index in [9.17, 15) is 0 Å². The van der Waals surface area contributed by atoms with E-state index in [0.717, 1.165) is 11.2 Å². The molecule has 0 aliphatic rings. The molecule has 0 radical (unpaired) electrons. The minimum absolute atomic E-state index is 0.0799. The van der Waals surface area contributed by atoms with Crippen LogP contribution in [-0.4, -0.2) is 25.1 Å². The summed E-state index contributed by atoms with van der Waals surface area (Å²) in [5, 5.41) is 7.17. The van der Waals surface area contributed by atoms with Crippen LogP contribution in [0.4, 0.5) is 0 Å². The van der Waals surface area contributed by atoms with E-state index in [-0.39, 0.29) is 5.17 Å². The fourth-order valence-corrected chi connectivity index (χ4v) is 1.58. The van der Waals surface area contributed by atoms with Gasteiger partial charge in [-0.25, -0.2) is 15.0 Å². The Bertz CT molecular complexity index is 464. The van der Waals surface area contributed by atoms with Crippen molar-refractivity contribution in [1.82, 2.24) is 19.9 Å². The van der Waals surface area contributed by atoms with Gasteiger partial charge in [0.1, 0.15) is 11.8 Å². The normalized spacial score (nSPS) is 10.6.